The average molecular weight is 232 g/mol. The van der Waals surface area contributed by atoms with Crippen LogP contribution in [0, 0.1) is 11.8 Å². The van der Waals surface area contributed by atoms with Crippen LogP contribution in [0.5, 0.6) is 0 Å². The highest BCUT2D eigenvalue weighted by Crippen LogP contribution is 2.61. The number of ether oxygens (including phenoxy) is 2. The van der Waals surface area contributed by atoms with E-state index < -0.39 is 0 Å². The van der Waals surface area contributed by atoms with Crippen molar-refractivity contribution in [1.82, 2.24) is 0 Å². The van der Waals surface area contributed by atoms with Crippen molar-refractivity contribution >= 4 is 0 Å². The van der Waals surface area contributed by atoms with Crippen LogP contribution in [0.4, 0.5) is 0 Å². The van der Waals surface area contributed by atoms with E-state index in [1.54, 1.807) is 11.1 Å². The molecule has 4 rings (SSSR count). The molecule has 92 valence electrons. The monoisotopic (exact) mass is 232 g/mol. The van der Waals surface area contributed by atoms with Crippen LogP contribution in [0.15, 0.2) is 23.3 Å². The van der Waals surface area contributed by atoms with E-state index in [-0.39, 0.29) is 5.60 Å². The Morgan fingerprint density at radius 1 is 1.41 bits per heavy atom. The topological polar surface area (TPSA) is 21.8 Å². The van der Waals surface area contributed by atoms with Crippen LogP contribution in [-0.2, 0) is 9.47 Å². The molecular weight excluding hydrogens is 212 g/mol. The normalized spacial score (nSPS) is 52.0. The van der Waals surface area contributed by atoms with Gasteiger partial charge in [-0.1, -0.05) is 17.7 Å². The third-order valence-corrected chi connectivity index (χ3v) is 5.47. The van der Waals surface area contributed by atoms with Crippen molar-refractivity contribution in [3.8, 4) is 0 Å². The smallest absolute Gasteiger partial charge is 0.101 e. The summed E-state index contributed by atoms with van der Waals surface area (Å²) in [7, 11) is 0. The van der Waals surface area contributed by atoms with E-state index in [0.29, 0.717) is 24.0 Å². The highest BCUT2D eigenvalue weighted by Gasteiger charge is 2.67. The summed E-state index contributed by atoms with van der Waals surface area (Å²) in [6.07, 6.45) is 4.39. The molecule has 1 saturated carbocycles. The number of hydrogen-bond donors (Lipinski definition) is 0. The molecule has 0 N–H and O–H groups in total. The lowest BCUT2D eigenvalue weighted by atomic mass is 9.81. The zero-order valence-corrected chi connectivity index (χ0v) is 10.7. The Morgan fingerprint density at radius 3 is 3.06 bits per heavy atom. The van der Waals surface area contributed by atoms with Gasteiger partial charge in [-0.2, -0.15) is 0 Å². The molecule has 2 aliphatic heterocycles. The fourth-order valence-corrected chi connectivity index (χ4v) is 4.32. The first-order valence-electron chi connectivity index (χ1n) is 6.77. The molecule has 3 fully saturated rings. The molecule has 5 atom stereocenters. The summed E-state index contributed by atoms with van der Waals surface area (Å²) < 4.78 is 12.0. The minimum absolute atomic E-state index is 0.0778. The molecule has 0 unspecified atom stereocenters. The van der Waals surface area contributed by atoms with Crippen molar-refractivity contribution in [3.63, 3.8) is 0 Å². The minimum Gasteiger partial charge on any atom is -0.373 e. The molecule has 2 saturated heterocycles. The van der Waals surface area contributed by atoms with Crippen molar-refractivity contribution in [2.75, 3.05) is 6.61 Å². The molecule has 0 radical (unpaired) electrons. The van der Waals surface area contributed by atoms with Crippen LogP contribution in [0.3, 0.4) is 0 Å². The van der Waals surface area contributed by atoms with Gasteiger partial charge in [-0.3, -0.25) is 0 Å². The standard InChI is InChI=1S/C15H20O2/c1-8-4-5-10-9(2)7-16-14(10)13-11(8)6-12-15(13,3)17-12/h10,12-14H,2,4-7H2,1,3H3/t10-,12-,13-,14-,15-/m0/s1. The Morgan fingerprint density at radius 2 is 2.24 bits per heavy atom. The first-order chi connectivity index (χ1) is 8.11. The number of hydrogen-bond acceptors (Lipinski definition) is 2. The van der Waals surface area contributed by atoms with Crippen molar-refractivity contribution in [2.45, 2.75) is 50.9 Å². The van der Waals surface area contributed by atoms with Crippen molar-refractivity contribution < 1.29 is 9.47 Å². The lowest BCUT2D eigenvalue weighted by Gasteiger charge is -2.28. The van der Waals surface area contributed by atoms with Crippen LogP contribution in [0.2, 0.25) is 0 Å². The summed E-state index contributed by atoms with van der Waals surface area (Å²) in [4.78, 5) is 0. The zero-order chi connectivity index (χ0) is 11.8. The minimum atomic E-state index is 0.0778. The predicted octanol–water partition coefficient (Wildman–Crippen LogP) is 2.85. The maximum absolute atomic E-state index is 6.06. The summed E-state index contributed by atoms with van der Waals surface area (Å²) in [5.74, 6) is 1.06. The van der Waals surface area contributed by atoms with Crippen LogP contribution < -0.4 is 0 Å². The number of fused-ring (bicyclic) bond motifs is 5. The lowest BCUT2D eigenvalue weighted by molar-refractivity contribution is 0.0255. The van der Waals surface area contributed by atoms with Crippen LogP contribution in [0.25, 0.3) is 0 Å². The molecule has 0 aromatic rings. The quantitative estimate of drug-likeness (QED) is 0.473. The highest BCUT2D eigenvalue weighted by atomic mass is 16.6. The van der Waals surface area contributed by atoms with Crippen LogP contribution in [-0.4, -0.2) is 24.4 Å². The van der Waals surface area contributed by atoms with Gasteiger partial charge < -0.3 is 9.47 Å². The molecule has 4 aliphatic rings. The van der Waals surface area contributed by atoms with E-state index in [2.05, 4.69) is 20.4 Å². The van der Waals surface area contributed by atoms with Crippen LogP contribution >= 0.6 is 0 Å². The average Bonchev–Trinajstić information content (AvgIpc) is 2.72. The first-order valence-corrected chi connectivity index (χ1v) is 6.77. The van der Waals surface area contributed by atoms with Gasteiger partial charge in [-0.05, 0) is 38.7 Å². The molecule has 17 heavy (non-hydrogen) atoms. The van der Waals surface area contributed by atoms with Gasteiger partial charge in [-0.25, -0.2) is 0 Å². The van der Waals surface area contributed by atoms with E-state index in [4.69, 9.17) is 9.47 Å². The molecular formula is C15H20O2. The van der Waals surface area contributed by atoms with Crippen molar-refractivity contribution in [3.05, 3.63) is 23.3 Å². The third kappa shape index (κ3) is 1.18. The largest absolute Gasteiger partial charge is 0.373 e. The van der Waals surface area contributed by atoms with E-state index in [0.717, 1.165) is 13.0 Å². The summed E-state index contributed by atoms with van der Waals surface area (Å²) in [5.41, 5.74) is 4.62. The Labute approximate surface area is 103 Å². The number of rotatable bonds is 0. The highest BCUT2D eigenvalue weighted by molar-refractivity contribution is 5.37. The second-order valence-electron chi connectivity index (χ2n) is 6.36. The van der Waals surface area contributed by atoms with Gasteiger partial charge in [0.15, 0.2) is 0 Å². The first kappa shape index (κ1) is 10.3. The molecule has 0 bridgehead atoms. The van der Waals surface area contributed by atoms with Crippen LogP contribution in [0.1, 0.15) is 33.1 Å². The van der Waals surface area contributed by atoms with Gasteiger partial charge in [-0.15, -0.1) is 0 Å². The molecule has 2 heterocycles. The maximum atomic E-state index is 6.06. The van der Waals surface area contributed by atoms with Gasteiger partial charge in [0.2, 0.25) is 0 Å². The lowest BCUT2D eigenvalue weighted by Crippen LogP contribution is -2.34. The molecule has 2 nitrogen and oxygen atoms in total. The Bertz CT molecular complexity index is 436. The van der Waals surface area contributed by atoms with Crippen molar-refractivity contribution in [2.24, 2.45) is 11.8 Å². The maximum Gasteiger partial charge on any atom is 0.101 e. The fraction of sp³-hybridized carbons (Fsp3) is 0.733. The molecule has 0 amide bonds. The Balaban J connectivity index is 1.80. The number of epoxide rings is 1. The molecule has 0 spiro atoms. The Kier molecular flexibility index (Phi) is 1.85. The van der Waals surface area contributed by atoms with E-state index >= 15 is 0 Å². The number of allylic oxidation sites excluding steroid dienone is 1. The van der Waals surface area contributed by atoms with E-state index in [1.165, 1.54) is 18.4 Å². The second kappa shape index (κ2) is 3.04. The molecule has 2 heteroatoms. The Hall–Kier alpha value is -0.600. The van der Waals surface area contributed by atoms with E-state index in [1.807, 2.05) is 0 Å². The molecule has 0 aromatic carbocycles. The fourth-order valence-electron chi connectivity index (χ4n) is 4.32. The van der Waals surface area contributed by atoms with Gasteiger partial charge in [0.05, 0.1) is 18.8 Å². The summed E-state index contributed by atoms with van der Waals surface area (Å²) in [6, 6.07) is 0. The summed E-state index contributed by atoms with van der Waals surface area (Å²) in [5, 5.41) is 0. The zero-order valence-electron chi connectivity index (χ0n) is 10.7. The molecule has 0 aromatic heterocycles. The summed E-state index contributed by atoms with van der Waals surface area (Å²) >= 11 is 0. The van der Waals surface area contributed by atoms with Gasteiger partial charge in [0, 0.05) is 11.8 Å². The second-order valence-corrected chi connectivity index (χ2v) is 6.36. The predicted molar refractivity (Wildman–Crippen MR) is 65.7 cm³/mol. The van der Waals surface area contributed by atoms with Gasteiger partial charge >= 0.3 is 0 Å². The van der Waals surface area contributed by atoms with Gasteiger partial charge in [0.1, 0.15) is 5.60 Å². The van der Waals surface area contributed by atoms with Crippen molar-refractivity contribution in [1.29, 1.82) is 0 Å². The summed E-state index contributed by atoms with van der Waals surface area (Å²) in [6.45, 7) is 9.54. The SMILES string of the molecule is C=C1CO[C@H]2[C@H]1CCC(C)=C1C[C@@H]3O[C@]3(C)[C@@H]12. The molecule has 2 aliphatic carbocycles. The van der Waals surface area contributed by atoms with E-state index in [9.17, 15) is 0 Å². The van der Waals surface area contributed by atoms with Gasteiger partial charge in [0.25, 0.3) is 0 Å². The third-order valence-electron chi connectivity index (χ3n) is 5.47.